The highest BCUT2D eigenvalue weighted by molar-refractivity contribution is 5.92. The third-order valence-electron chi connectivity index (χ3n) is 4.11. The maximum atomic E-state index is 4.79. The van der Waals surface area contributed by atoms with Gasteiger partial charge in [0.25, 0.3) is 0 Å². The van der Waals surface area contributed by atoms with Gasteiger partial charge < -0.3 is 10.2 Å². The molecule has 1 N–H and O–H groups in total. The van der Waals surface area contributed by atoms with Crippen molar-refractivity contribution in [3.05, 3.63) is 36.0 Å². The van der Waals surface area contributed by atoms with Gasteiger partial charge in [-0.25, -0.2) is 0 Å². The number of rotatable bonds is 7. The Labute approximate surface area is 128 Å². The molecule has 1 heterocycles. The van der Waals surface area contributed by atoms with Crippen LogP contribution in [0.4, 0.5) is 5.69 Å². The lowest BCUT2D eigenvalue weighted by Crippen LogP contribution is -2.28. The molecule has 0 spiro atoms. The lowest BCUT2D eigenvalue weighted by molar-refractivity contribution is 0.657. The van der Waals surface area contributed by atoms with Gasteiger partial charge in [0.1, 0.15) is 0 Å². The first-order valence-electron chi connectivity index (χ1n) is 7.99. The summed E-state index contributed by atoms with van der Waals surface area (Å²) < 4.78 is 0. The molecular formula is C18H27N3. The van der Waals surface area contributed by atoms with Gasteiger partial charge in [-0.2, -0.15) is 0 Å². The molecule has 1 unspecified atom stereocenters. The Bertz CT molecular complexity index is 580. The van der Waals surface area contributed by atoms with Gasteiger partial charge in [-0.1, -0.05) is 32.0 Å². The maximum absolute atomic E-state index is 4.79. The van der Waals surface area contributed by atoms with Crippen molar-refractivity contribution >= 4 is 16.6 Å². The van der Waals surface area contributed by atoms with Crippen LogP contribution in [0, 0.1) is 0 Å². The van der Waals surface area contributed by atoms with Crippen LogP contribution in [0.1, 0.15) is 39.3 Å². The van der Waals surface area contributed by atoms with Gasteiger partial charge in [0.05, 0.1) is 11.2 Å². The standard InChI is InChI=1S/C18H27N3/c1-5-11-19-13-15-12-18(21(4)14(3)6-2)16-9-7-8-10-17(16)20-15/h7-10,12,14,19H,5-6,11,13H2,1-4H3. The first-order valence-corrected chi connectivity index (χ1v) is 7.99. The summed E-state index contributed by atoms with van der Waals surface area (Å²) in [5.41, 5.74) is 3.48. The van der Waals surface area contributed by atoms with Crippen LogP contribution in [0.5, 0.6) is 0 Å². The summed E-state index contributed by atoms with van der Waals surface area (Å²) in [7, 11) is 2.18. The van der Waals surface area contributed by atoms with E-state index in [-0.39, 0.29) is 0 Å². The smallest absolute Gasteiger partial charge is 0.0726 e. The Balaban J connectivity index is 2.40. The molecule has 1 aromatic heterocycles. The molecule has 1 aromatic carbocycles. The second kappa shape index (κ2) is 7.41. The fourth-order valence-electron chi connectivity index (χ4n) is 2.50. The molecule has 3 nitrogen and oxygen atoms in total. The number of pyridine rings is 1. The van der Waals surface area contributed by atoms with Crippen molar-refractivity contribution in [2.45, 2.75) is 46.2 Å². The van der Waals surface area contributed by atoms with Crippen LogP contribution in [0.25, 0.3) is 10.9 Å². The molecule has 0 fully saturated rings. The molecule has 0 bridgehead atoms. The van der Waals surface area contributed by atoms with Gasteiger partial charge in [-0.15, -0.1) is 0 Å². The Hall–Kier alpha value is -1.61. The minimum absolute atomic E-state index is 0.521. The average molecular weight is 285 g/mol. The highest BCUT2D eigenvalue weighted by Crippen LogP contribution is 2.27. The fourth-order valence-corrected chi connectivity index (χ4v) is 2.50. The lowest BCUT2D eigenvalue weighted by Gasteiger charge is -2.27. The highest BCUT2D eigenvalue weighted by Gasteiger charge is 2.13. The van der Waals surface area contributed by atoms with E-state index in [1.165, 1.54) is 11.1 Å². The van der Waals surface area contributed by atoms with E-state index in [0.29, 0.717) is 6.04 Å². The summed E-state index contributed by atoms with van der Waals surface area (Å²) in [5.74, 6) is 0. The maximum Gasteiger partial charge on any atom is 0.0726 e. The van der Waals surface area contributed by atoms with Gasteiger partial charge in [0, 0.05) is 30.7 Å². The summed E-state index contributed by atoms with van der Waals surface area (Å²) in [6.45, 7) is 8.55. The van der Waals surface area contributed by atoms with Crippen LogP contribution >= 0.6 is 0 Å². The topological polar surface area (TPSA) is 28.2 Å². The zero-order valence-electron chi connectivity index (χ0n) is 13.7. The van der Waals surface area contributed by atoms with Crippen molar-refractivity contribution in [1.82, 2.24) is 10.3 Å². The van der Waals surface area contributed by atoms with E-state index in [1.54, 1.807) is 0 Å². The van der Waals surface area contributed by atoms with Crippen LogP contribution in [-0.2, 0) is 6.54 Å². The first-order chi connectivity index (χ1) is 10.2. The van der Waals surface area contributed by atoms with E-state index in [9.17, 15) is 0 Å². The number of nitrogens with zero attached hydrogens (tertiary/aromatic N) is 2. The quantitative estimate of drug-likeness (QED) is 0.780. The number of hydrogen-bond donors (Lipinski definition) is 1. The summed E-state index contributed by atoms with van der Waals surface area (Å²) in [4.78, 5) is 7.15. The second-order valence-electron chi connectivity index (χ2n) is 5.69. The molecule has 0 aliphatic heterocycles. The number of benzene rings is 1. The number of aromatic nitrogens is 1. The van der Waals surface area contributed by atoms with E-state index >= 15 is 0 Å². The SMILES string of the molecule is CCCNCc1cc(N(C)C(C)CC)c2ccccc2n1. The first kappa shape index (κ1) is 15.8. The minimum atomic E-state index is 0.521. The number of anilines is 1. The molecule has 0 saturated carbocycles. The predicted molar refractivity (Wildman–Crippen MR) is 91.9 cm³/mol. The van der Waals surface area contributed by atoms with Crippen LogP contribution in [0.2, 0.25) is 0 Å². The molecule has 2 aromatic rings. The Morgan fingerprint density at radius 3 is 2.71 bits per heavy atom. The van der Waals surface area contributed by atoms with E-state index in [4.69, 9.17) is 4.98 Å². The van der Waals surface area contributed by atoms with Crippen molar-refractivity contribution in [2.24, 2.45) is 0 Å². The molecular weight excluding hydrogens is 258 g/mol. The van der Waals surface area contributed by atoms with Crippen LogP contribution < -0.4 is 10.2 Å². The lowest BCUT2D eigenvalue weighted by atomic mass is 10.1. The predicted octanol–water partition coefficient (Wildman–Crippen LogP) is 3.97. The molecule has 0 aliphatic rings. The molecule has 0 aliphatic carbocycles. The van der Waals surface area contributed by atoms with Crippen molar-refractivity contribution in [3.63, 3.8) is 0 Å². The monoisotopic (exact) mass is 285 g/mol. The van der Waals surface area contributed by atoms with E-state index in [0.717, 1.165) is 37.1 Å². The molecule has 1 atom stereocenters. The number of para-hydroxylation sites is 1. The van der Waals surface area contributed by atoms with Gasteiger partial charge in [0.2, 0.25) is 0 Å². The Morgan fingerprint density at radius 2 is 2.00 bits per heavy atom. The van der Waals surface area contributed by atoms with Gasteiger partial charge in [-0.3, -0.25) is 4.98 Å². The van der Waals surface area contributed by atoms with Crippen molar-refractivity contribution < 1.29 is 0 Å². The largest absolute Gasteiger partial charge is 0.371 e. The molecule has 0 amide bonds. The van der Waals surface area contributed by atoms with E-state index in [1.807, 2.05) is 0 Å². The summed E-state index contributed by atoms with van der Waals surface area (Å²) >= 11 is 0. The highest BCUT2D eigenvalue weighted by atomic mass is 15.1. The van der Waals surface area contributed by atoms with Gasteiger partial charge >= 0.3 is 0 Å². The Kier molecular flexibility index (Phi) is 5.57. The number of nitrogens with one attached hydrogen (secondary N) is 1. The molecule has 3 heteroatoms. The zero-order valence-corrected chi connectivity index (χ0v) is 13.7. The van der Waals surface area contributed by atoms with Gasteiger partial charge in [-0.05, 0) is 38.4 Å². The minimum Gasteiger partial charge on any atom is -0.371 e. The van der Waals surface area contributed by atoms with E-state index in [2.05, 4.69) is 68.4 Å². The van der Waals surface area contributed by atoms with Crippen LogP contribution in [-0.4, -0.2) is 24.6 Å². The van der Waals surface area contributed by atoms with Crippen molar-refractivity contribution in [2.75, 3.05) is 18.5 Å². The average Bonchev–Trinajstić information content (AvgIpc) is 2.53. The molecule has 0 radical (unpaired) electrons. The normalized spacial score (nSPS) is 12.6. The summed E-state index contributed by atoms with van der Waals surface area (Å²) in [6.07, 6.45) is 2.28. The second-order valence-corrected chi connectivity index (χ2v) is 5.69. The molecule has 2 rings (SSSR count). The number of fused-ring (bicyclic) bond motifs is 1. The van der Waals surface area contributed by atoms with Crippen LogP contribution in [0.3, 0.4) is 0 Å². The fraction of sp³-hybridized carbons (Fsp3) is 0.500. The van der Waals surface area contributed by atoms with E-state index < -0.39 is 0 Å². The van der Waals surface area contributed by atoms with Crippen molar-refractivity contribution in [3.8, 4) is 0 Å². The third-order valence-corrected chi connectivity index (χ3v) is 4.11. The number of hydrogen-bond acceptors (Lipinski definition) is 3. The van der Waals surface area contributed by atoms with Gasteiger partial charge in [0.15, 0.2) is 0 Å². The third kappa shape index (κ3) is 3.73. The summed E-state index contributed by atoms with van der Waals surface area (Å²) in [5, 5.41) is 4.68. The van der Waals surface area contributed by atoms with Crippen molar-refractivity contribution in [1.29, 1.82) is 0 Å². The molecule has 21 heavy (non-hydrogen) atoms. The Morgan fingerprint density at radius 1 is 1.24 bits per heavy atom. The molecule has 114 valence electrons. The molecule has 0 saturated heterocycles. The van der Waals surface area contributed by atoms with Crippen LogP contribution in [0.15, 0.2) is 30.3 Å². The summed E-state index contributed by atoms with van der Waals surface area (Å²) in [6, 6.07) is 11.2. The zero-order chi connectivity index (χ0) is 15.2.